The molecule has 1 aliphatic rings. The van der Waals surface area contributed by atoms with E-state index in [4.69, 9.17) is 16.7 Å². The number of rotatable bonds is 6. The standard InChI is InChI=1S/C17H18ClN3.C13H13NO2S/c1-12(16-8-7-14(18)11-20-16)15-6-3-9-19-17(15)21-10-13-4-2-5-13;1-10-6-8-11(9-7-10)12-4-2-3-5-13(12)17(14,15)16/h3,6-12H,2,4-5H2,1H3,(H,19,21);2-9H,1H3,(H2,14,15,16). The third kappa shape index (κ3) is 7.07. The fourth-order valence-corrected chi connectivity index (χ4v) is 4.94. The summed E-state index contributed by atoms with van der Waals surface area (Å²) in [4.78, 5) is 9.04. The SMILES string of the molecule is CC(c1ccc(Cl)cn1)c1cccnc1NC=C1CCC1.Cc1ccc(-c2ccccc2S(N)(=O)=O)cc1. The van der Waals surface area contributed by atoms with Crippen LogP contribution in [0.15, 0.2) is 102 Å². The molecule has 38 heavy (non-hydrogen) atoms. The average Bonchev–Trinajstić information content (AvgIpc) is 2.88. The van der Waals surface area contributed by atoms with Gasteiger partial charge in [-0.25, -0.2) is 18.5 Å². The molecule has 0 amide bonds. The Morgan fingerprint density at radius 1 is 0.974 bits per heavy atom. The van der Waals surface area contributed by atoms with Gasteiger partial charge in [0, 0.05) is 41.3 Å². The predicted molar refractivity (Wildman–Crippen MR) is 155 cm³/mol. The van der Waals surface area contributed by atoms with Crippen LogP contribution in [0.5, 0.6) is 0 Å². The lowest BCUT2D eigenvalue weighted by Gasteiger charge is -2.18. The van der Waals surface area contributed by atoms with E-state index in [0.717, 1.165) is 28.2 Å². The normalized spacial score (nSPS) is 13.5. The third-order valence-corrected chi connectivity index (χ3v) is 7.66. The van der Waals surface area contributed by atoms with Crippen LogP contribution >= 0.6 is 11.6 Å². The fraction of sp³-hybridized carbons (Fsp3) is 0.200. The van der Waals surface area contributed by atoms with Gasteiger partial charge in [0.1, 0.15) is 5.82 Å². The molecule has 0 aliphatic heterocycles. The maximum absolute atomic E-state index is 11.5. The van der Waals surface area contributed by atoms with Crippen molar-refractivity contribution in [3.05, 3.63) is 119 Å². The monoisotopic (exact) mass is 546 g/mol. The average molecular weight is 547 g/mol. The molecule has 2 aromatic carbocycles. The molecule has 4 aromatic rings. The first kappa shape index (κ1) is 27.5. The van der Waals surface area contributed by atoms with E-state index in [9.17, 15) is 8.42 Å². The van der Waals surface area contributed by atoms with Crippen LogP contribution in [0, 0.1) is 6.92 Å². The molecule has 1 atom stereocenters. The summed E-state index contributed by atoms with van der Waals surface area (Å²) in [6.07, 6.45) is 9.29. The van der Waals surface area contributed by atoms with Crippen molar-refractivity contribution >= 4 is 27.4 Å². The number of aryl methyl sites for hydroxylation is 1. The first-order chi connectivity index (χ1) is 18.2. The molecule has 3 N–H and O–H groups in total. The Bertz CT molecular complexity index is 1510. The molecular weight excluding hydrogens is 516 g/mol. The molecule has 1 fully saturated rings. The van der Waals surface area contributed by atoms with Crippen LogP contribution in [0.25, 0.3) is 11.1 Å². The fourth-order valence-electron chi connectivity index (χ4n) is 4.07. The molecule has 0 saturated heterocycles. The smallest absolute Gasteiger partial charge is 0.238 e. The predicted octanol–water partition coefficient (Wildman–Crippen LogP) is 7.07. The minimum atomic E-state index is -3.69. The summed E-state index contributed by atoms with van der Waals surface area (Å²) in [6.45, 7) is 4.12. The molecule has 2 aromatic heterocycles. The molecule has 1 aliphatic carbocycles. The molecule has 1 unspecified atom stereocenters. The number of anilines is 1. The maximum Gasteiger partial charge on any atom is 0.238 e. The molecule has 8 heteroatoms. The lowest BCUT2D eigenvalue weighted by Crippen LogP contribution is -2.13. The summed E-state index contributed by atoms with van der Waals surface area (Å²) in [5, 5.41) is 9.20. The summed E-state index contributed by atoms with van der Waals surface area (Å²) in [6, 6.07) is 22.3. The van der Waals surface area contributed by atoms with Crippen molar-refractivity contribution in [3.63, 3.8) is 0 Å². The zero-order chi connectivity index (χ0) is 27.1. The van der Waals surface area contributed by atoms with Crippen LogP contribution in [0.1, 0.15) is 48.9 Å². The maximum atomic E-state index is 11.5. The lowest BCUT2D eigenvalue weighted by atomic mass is 9.93. The van der Waals surface area contributed by atoms with Crippen molar-refractivity contribution in [2.45, 2.75) is 43.9 Å². The van der Waals surface area contributed by atoms with Crippen LogP contribution in [0.2, 0.25) is 5.02 Å². The third-order valence-electron chi connectivity index (χ3n) is 6.46. The summed E-state index contributed by atoms with van der Waals surface area (Å²) in [5.74, 6) is 1.07. The molecule has 196 valence electrons. The Morgan fingerprint density at radius 3 is 2.34 bits per heavy atom. The van der Waals surface area contributed by atoms with Crippen molar-refractivity contribution in [1.29, 1.82) is 0 Å². The van der Waals surface area contributed by atoms with Crippen molar-refractivity contribution < 1.29 is 8.42 Å². The number of nitrogens with two attached hydrogens (primary N) is 1. The second-order valence-electron chi connectivity index (χ2n) is 9.27. The number of hydrogen-bond acceptors (Lipinski definition) is 5. The summed E-state index contributed by atoms with van der Waals surface area (Å²) in [7, 11) is -3.69. The van der Waals surface area contributed by atoms with E-state index in [-0.39, 0.29) is 10.8 Å². The number of benzene rings is 2. The van der Waals surface area contributed by atoms with Crippen LogP contribution in [0.4, 0.5) is 5.82 Å². The van der Waals surface area contributed by atoms with Gasteiger partial charge in [0.25, 0.3) is 0 Å². The van der Waals surface area contributed by atoms with Gasteiger partial charge in [-0.3, -0.25) is 4.98 Å². The van der Waals surface area contributed by atoms with Gasteiger partial charge in [-0.15, -0.1) is 0 Å². The number of pyridine rings is 2. The van der Waals surface area contributed by atoms with E-state index in [1.54, 1.807) is 24.4 Å². The Balaban J connectivity index is 0.000000181. The van der Waals surface area contributed by atoms with Crippen molar-refractivity contribution in [2.24, 2.45) is 5.14 Å². The van der Waals surface area contributed by atoms with Crippen LogP contribution in [0.3, 0.4) is 0 Å². The molecule has 0 bridgehead atoms. The van der Waals surface area contributed by atoms with Crippen molar-refractivity contribution in [3.8, 4) is 11.1 Å². The number of sulfonamides is 1. The first-order valence-electron chi connectivity index (χ1n) is 12.4. The lowest BCUT2D eigenvalue weighted by molar-refractivity contribution is 0.598. The number of hydrogen-bond donors (Lipinski definition) is 2. The molecule has 1 saturated carbocycles. The topological polar surface area (TPSA) is 98.0 Å². The molecule has 2 heterocycles. The van der Waals surface area contributed by atoms with Gasteiger partial charge in [0.05, 0.1) is 9.92 Å². The van der Waals surface area contributed by atoms with Gasteiger partial charge in [-0.1, -0.05) is 78.2 Å². The minimum Gasteiger partial charge on any atom is -0.346 e. The van der Waals surface area contributed by atoms with Crippen molar-refractivity contribution in [2.75, 3.05) is 5.32 Å². The number of halogens is 1. The van der Waals surface area contributed by atoms with Crippen LogP contribution in [-0.4, -0.2) is 18.4 Å². The van der Waals surface area contributed by atoms with Gasteiger partial charge in [0.15, 0.2) is 0 Å². The zero-order valence-corrected chi connectivity index (χ0v) is 23.0. The van der Waals surface area contributed by atoms with E-state index in [2.05, 4.69) is 34.5 Å². The van der Waals surface area contributed by atoms with Gasteiger partial charge in [0.2, 0.25) is 10.0 Å². The van der Waals surface area contributed by atoms with Crippen LogP contribution in [-0.2, 0) is 10.0 Å². The second kappa shape index (κ2) is 12.3. The first-order valence-corrected chi connectivity index (χ1v) is 14.3. The molecule has 0 spiro atoms. The molecule has 6 nitrogen and oxygen atoms in total. The highest BCUT2D eigenvalue weighted by molar-refractivity contribution is 7.89. The number of nitrogens with zero attached hydrogens (tertiary/aromatic N) is 2. The Labute approximate surface area is 229 Å². The van der Waals surface area contributed by atoms with E-state index in [0.29, 0.717) is 10.6 Å². The Hall–Kier alpha value is -3.52. The molecule has 5 rings (SSSR count). The minimum absolute atomic E-state index is 0.156. The number of aromatic nitrogens is 2. The largest absolute Gasteiger partial charge is 0.346 e. The van der Waals surface area contributed by atoms with Gasteiger partial charge < -0.3 is 5.32 Å². The van der Waals surface area contributed by atoms with Gasteiger partial charge in [-0.2, -0.15) is 0 Å². The molecule has 0 radical (unpaired) electrons. The second-order valence-corrected chi connectivity index (χ2v) is 11.2. The summed E-state index contributed by atoms with van der Waals surface area (Å²) >= 11 is 5.91. The number of nitrogens with one attached hydrogen (secondary N) is 1. The quantitative estimate of drug-likeness (QED) is 0.269. The molecular formula is C30H31ClN4O2S. The van der Waals surface area contributed by atoms with Crippen LogP contribution < -0.4 is 10.5 Å². The highest BCUT2D eigenvalue weighted by Crippen LogP contribution is 2.30. The summed E-state index contributed by atoms with van der Waals surface area (Å²) < 4.78 is 22.9. The Morgan fingerprint density at radius 2 is 1.71 bits per heavy atom. The van der Waals surface area contributed by atoms with E-state index in [1.807, 2.05) is 55.6 Å². The summed E-state index contributed by atoms with van der Waals surface area (Å²) in [5.41, 5.74) is 6.20. The number of allylic oxidation sites excluding steroid dienone is 1. The Kier molecular flexibility index (Phi) is 8.94. The van der Waals surface area contributed by atoms with E-state index in [1.165, 1.54) is 30.9 Å². The number of primary sulfonamides is 1. The highest BCUT2D eigenvalue weighted by atomic mass is 35.5. The highest BCUT2D eigenvalue weighted by Gasteiger charge is 2.16. The van der Waals surface area contributed by atoms with Gasteiger partial charge in [-0.05, 0) is 56.0 Å². The van der Waals surface area contributed by atoms with Gasteiger partial charge >= 0.3 is 0 Å². The van der Waals surface area contributed by atoms with E-state index < -0.39 is 10.0 Å². The van der Waals surface area contributed by atoms with Crippen molar-refractivity contribution in [1.82, 2.24) is 9.97 Å². The van der Waals surface area contributed by atoms with E-state index >= 15 is 0 Å². The zero-order valence-electron chi connectivity index (χ0n) is 21.4.